The Morgan fingerprint density at radius 1 is 0.339 bits per heavy atom. The first-order valence-electron chi connectivity index (χ1n) is 20.3. The van der Waals surface area contributed by atoms with Crippen molar-refractivity contribution in [2.45, 2.75) is 0 Å². The molecule has 0 bridgehead atoms. The number of fused-ring (bicyclic) bond motifs is 8. The SMILES string of the molecule is c1ccc(N(c2ccc(-c3cc(-c4ccc5c(c4)c4ccccc4n5-c4ccc5ccccc5c4)c4[nH]c5ccccc5c4c3)cc2)c2ccc3ccccc3c2)cc1. The molecule has 10 aromatic carbocycles. The summed E-state index contributed by atoms with van der Waals surface area (Å²) in [5, 5.41) is 9.86. The molecule has 59 heavy (non-hydrogen) atoms. The Hall–Kier alpha value is -7.88. The van der Waals surface area contributed by atoms with Crippen molar-refractivity contribution in [1.29, 1.82) is 0 Å². The number of rotatable bonds is 6. The van der Waals surface area contributed by atoms with E-state index in [9.17, 15) is 0 Å². The van der Waals surface area contributed by atoms with E-state index in [4.69, 9.17) is 0 Å². The summed E-state index contributed by atoms with van der Waals surface area (Å²) in [5.74, 6) is 0. The standard InChI is InChI=1S/C56H37N3/c1-2-16-44(17-3-1)58(46-29-24-37-12-4-6-14-40(37)32-46)45-27-22-39(23-28-45)43-35-50(56-52(36-43)48-18-8-10-20-53(48)57-56)42-26-31-55-51(34-42)49-19-9-11-21-54(49)59(55)47-30-25-38-13-5-7-15-41(38)33-47/h1-36,57H. The zero-order chi connectivity index (χ0) is 38.9. The van der Waals surface area contributed by atoms with Crippen LogP contribution in [0.15, 0.2) is 218 Å². The van der Waals surface area contributed by atoms with Gasteiger partial charge < -0.3 is 14.5 Å². The van der Waals surface area contributed by atoms with Crippen LogP contribution in [0.25, 0.3) is 93.1 Å². The van der Waals surface area contributed by atoms with Gasteiger partial charge in [0.1, 0.15) is 0 Å². The van der Waals surface area contributed by atoms with Gasteiger partial charge in [-0.05, 0) is 123 Å². The highest BCUT2D eigenvalue weighted by Crippen LogP contribution is 2.42. The van der Waals surface area contributed by atoms with Crippen LogP contribution in [0.2, 0.25) is 0 Å². The first kappa shape index (κ1) is 33.3. The molecule has 0 amide bonds. The molecule has 0 saturated carbocycles. The molecule has 1 N–H and O–H groups in total. The molecule has 0 saturated heterocycles. The molecular formula is C56H37N3. The first-order valence-corrected chi connectivity index (χ1v) is 20.3. The zero-order valence-electron chi connectivity index (χ0n) is 32.2. The number of nitrogens with zero attached hydrogens (tertiary/aromatic N) is 2. The number of aromatic amines is 1. The summed E-state index contributed by atoms with van der Waals surface area (Å²) in [6.45, 7) is 0. The monoisotopic (exact) mass is 751 g/mol. The molecule has 0 radical (unpaired) electrons. The van der Waals surface area contributed by atoms with Crippen LogP contribution < -0.4 is 4.90 Å². The summed E-state index contributed by atoms with van der Waals surface area (Å²) >= 11 is 0. The van der Waals surface area contributed by atoms with Crippen LogP contribution in [0, 0.1) is 0 Å². The lowest BCUT2D eigenvalue weighted by molar-refractivity contribution is 1.19. The van der Waals surface area contributed by atoms with Gasteiger partial charge >= 0.3 is 0 Å². The molecule has 12 rings (SSSR count). The third-order valence-corrected chi connectivity index (χ3v) is 12.1. The normalized spacial score (nSPS) is 11.7. The average molecular weight is 752 g/mol. The number of para-hydroxylation sites is 3. The van der Waals surface area contributed by atoms with E-state index < -0.39 is 0 Å². The lowest BCUT2D eigenvalue weighted by Gasteiger charge is -2.26. The first-order chi connectivity index (χ1) is 29.2. The van der Waals surface area contributed by atoms with Crippen LogP contribution in [0.3, 0.4) is 0 Å². The second-order valence-electron chi connectivity index (χ2n) is 15.5. The van der Waals surface area contributed by atoms with Gasteiger partial charge in [-0.2, -0.15) is 0 Å². The van der Waals surface area contributed by atoms with E-state index in [1.807, 2.05) is 0 Å². The highest BCUT2D eigenvalue weighted by atomic mass is 15.1. The Morgan fingerprint density at radius 2 is 0.932 bits per heavy atom. The van der Waals surface area contributed by atoms with Crippen molar-refractivity contribution in [1.82, 2.24) is 9.55 Å². The number of hydrogen-bond acceptors (Lipinski definition) is 1. The summed E-state index contributed by atoms with van der Waals surface area (Å²) in [4.78, 5) is 6.16. The van der Waals surface area contributed by atoms with E-state index in [0.717, 1.165) is 33.8 Å². The number of nitrogens with one attached hydrogen (secondary N) is 1. The number of H-pyrrole nitrogens is 1. The van der Waals surface area contributed by atoms with Gasteiger partial charge in [0.2, 0.25) is 0 Å². The predicted molar refractivity (Wildman–Crippen MR) is 251 cm³/mol. The number of aromatic nitrogens is 2. The number of anilines is 3. The molecule has 0 aliphatic rings. The second-order valence-corrected chi connectivity index (χ2v) is 15.5. The smallest absolute Gasteiger partial charge is 0.0544 e. The van der Waals surface area contributed by atoms with Gasteiger partial charge in [-0.1, -0.05) is 133 Å². The highest BCUT2D eigenvalue weighted by Gasteiger charge is 2.18. The third kappa shape index (κ3) is 5.51. The summed E-state index contributed by atoms with van der Waals surface area (Å²) in [5.41, 5.74) is 13.9. The Morgan fingerprint density at radius 3 is 1.75 bits per heavy atom. The molecule has 0 spiro atoms. The predicted octanol–water partition coefficient (Wildman–Crippen LogP) is 15.5. The molecule has 0 fully saturated rings. The molecule has 2 heterocycles. The van der Waals surface area contributed by atoms with Crippen molar-refractivity contribution in [2.75, 3.05) is 4.90 Å². The van der Waals surface area contributed by atoms with Crippen LogP contribution in [-0.4, -0.2) is 9.55 Å². The van der Waals surface area contributed by atoms with Gasteiger partial charge in [-0.25, -0.2) is 0 Å². The van der Waals surface area contributed by atoms with Crippen LogP contribution >= 0.6 is 0 Å². The highest BCUT2D eigenvalue weighted by molar-refractivity contribution is 6.15. The van der Waals surface area contributed by atoms with Crippen LogP contribution in [0.4, 0.5) is 17.1 Å². The second kappa shape index (κ2) is 13.4. The van der Waals surface area contributed by atoms with Crippen molar-refractivity contribution in [3.05, 3.63) is 218 Å². The van der Waals surface area contributed by atoms with Crippen molar-refractivity contribution < 1.29 is 0 Å². The minimum atomic E-state index is 1.11. The molecule has 3 heteroatoms. The summed E-state index contributed by atoms with van der Waals surface area (Å²) in [6.07, 6.45) is 0. The third-order valence-electron chi connectivity index (χ3n) is 12.1. The molecule has 2 aromatic heterocycles. The Labute approximate surface area is 341 Å². The van der Waals surface area contributed by atoms with Gasteiger partial charge in [-0.15, -0.1) is 0 Å². The van der Waals surface area contributed by atoms with Crippen LogP contribution in [0.1, 0.15) is 0 Å². The van der Waals surface area contributed by atoms with Crippen molar-refractivity contribution in [3.8, 4) is 27.9 Å². The fraction of sp³-hybridized carbons (Fsp3) is 0. The average Bonchev–Trinajstić information content (AvgIpc) is 3.85. The van der Waals surface area contributed by atoms with E-state index in [-0.39, 0.29) is 0 Å². The van der Waals surface area contributed by atoms with Crippen LogP contribution in [0.5, 0.6) is 0 Å². The van der Waals surface area contributed by atoms with Gasteiger partial charge in [0, 0.05) is 55.4 Å². The molecule has 0 aliphatic heterocycles. The molecule has 3 nitrogen and oxygen atoms in total. The van der Waals surface area contributed by atoms with Crippen molar-refractivity contribution in [2.24, 2.45) is 0 Å². The van der Waals surface area contributed by atoms with Crippen LogP contribution in [-0.2, 0) is 0 Å². The maximum absolute atomic E-state index is 3.82. The van der Waals surface area contributed by atoms with Gasteiger partial charge in [-0.3, -0.25) is 0 Å². The lowest BCUT2D eigenvalue weighted by atomic mass is 9.94. The Bertz CT molecular complexity index is 3560. The maximum atomic E-state index is 3.82. The fourth-order valence-electron chi connectivity index (χ4n) is 9.22. The van der Waals surface area contributed by atoms with Gasteiger partial charge in [0.05, 0.1) is 16.6 Å². The minimum absolute atomic E-state index is 1.11. The van der Waals surface area contributed by atoms with E-state index >= 15 is 0 Å². The molecule has 0 atom stereocenters. The summed E-state index contributed by atoms with van der Waals surface area (Å²) in [7, 11) is 0. The minimum Gasteiger partial charge on any atom is -0.354 e. The van der Waals surface area contributed by atoms with E-state index in [1.54, 1.807) is 0 Å². The quantitative estimate of drug-likeness (QED) is 0.180. The summed E-state index contributed by atoms with van der Waals surface area (Å²) < 4.78 is 2.41. The number of hydrogen-bond donors (Lipinski definition) is 1. The number of benzene rings is 10. The topological polar surface area (TPSA) is 24.0 Å². The molecular weight excluding hydrogens is 715 g/mol. The van der Waals surface area contributed by atoms with E-state index in [1.165, 1.54) is 76.4 Å². The zero-order valence-corrected chi connectivity index (χ0v) is 32.2. The molecule has 0 aliphatic carbocycles. The maximum Gasteiger partial charge on any atom is 0.0544 e. The van der Waals surface area contributed by atoms with Gasteiger partial charge in [0.15, 0.2) is 0 Å². The molecule has 12 aromatic rings. The van der Waals surface area contributed by atoms with Crippen molar-refractivity contribution in [3.63, 3.8) is 0 Å². The van der Waals surface area contributed by atoms with Gasteiger partial charge in [0.25, 0.3) is 0 Å². The Kier molecular flexibility index (Phi) is 7.54. The fourth-order valence-corrected chi connectivity index (χ4v) is 9.22. The lowest BCUT2D eigenvalue weighted by Crippen LogP contribution is -2.09. The van der Waals surface area contributed by atoms with E-state index in [0.29, 0.717) is 0 Å². The largest absolute Gasteiger partial charge is 0.354 e. The molecule has 276 valence electrons. The van der Waals surface area contributed by atoms with Crippen molar-refractivity contribution >= 4 is 82.2 Å². The summed E-state index contributed by atoms with van der Waals surface area (Å²) in [6, 6.07) is 79.5. The Balaban J connectivity index is 1.01. The molecule has 0 unspecified atom stereocenters. The van der Waals surface area contributed by atoms with E-state index in [2.05, 4.69) is 233 Å².